The number of nitrogens with zero attached hydrogens (tertiary/aromatic N) is 1. The van der Waals surface area contributed by atoms with Crippen molar-refractivity contribution in [3.05, 3.63) is 114 Å². The Bertz CT molecular complexity index is 1290. The third-order valence-corrected chi connectivity index (χ3v) is 6.13. The zero-order valence-electron chi connectivity index (χ0n) is 19.6. The second-order valence-electron chi connectivity index (χ2n) is 8.40. The number of carbonyl (C=O) groups is 1. The first-order valence-electron chi connectivity index (χ1n) is 11.5. The summed E-state index contributed by atoms with van der Waals surface area (Å²) in [6, 6.07) is 24.6. The fourth-order valence-corrected chi connectivity index (χ4v) is 4.29. The number of benzene rings is 3. The Hall–Kier alpha value is -4.32. The first-order valence-corrected chi connectivity index (χ1v) is 11.5. The fraction of sp³-hybridized carbons (Fsp3) is 0.172. The predicted octanol–water partition coefficient (Wildman–Crippen LogP) is 5.78. The lowest BCUT2D eigenvalue weighted by Gasteiger charge is -2.28. The number of amides is 1. The molecule has 0 saturated carbocycles. The molecule has 0 fully saturated rings. The molecule has 4 aromatic rings. The number of para-hydroxylation sites is 2. The van der Waals surface area contributed by atoms with Gasteiger partial charge >= 0.3 is 0 Å². The molecule has 1 aliphatic heterocycles. The van der Waals surface area contributed by atoms with E-state index in [1.165, 1.54) is 0 Å². The summed E-state index contributed by atoms with van der Waals surface area (Å²) < 4.78 is 17.6. The lowest BCUT2D eigenvalue weighted by Crippen LogP contribution is -2.33. The highest BCUT2D eigenvalue weighted by atomic mass is 16.5. The lowest BCUT2D eigenvalue weighted by atomic mass is 9.87. The van der Waals surface area contributed by atoms with Crippen molar-refractivity contribution in [1.29, 1.82) is 0 Å². The topological polar surface area (TPSA) is 69.7 Å². The van der Waals surface area contributed by atoms with E-state index in [9.17, 15) is 4.79 Å². The van der Waals surface area contributed by atoms with Crippen LogP contribution in [0.3, 0.4) is 0 Å². The summed E-state index contributed by atoms with van der Waals surface area (Å²) in [4.78, 5) is 17.6. The summed E-state index contributed by atoms with van der Waals surface area (Å²) in [6.45, 7) is 2.37. The molecular weight excluding hydrogens is 440 g/mol. The maximum absolute atomic E-state index is 13.6. The van der Waals surface area contributed by atoms with Gasteiger partial charge < -0.3 is 19.5 Å². The summed E-state index contributed by atoms with van der Waals surface area (Å²) in [5.41, 5.74) is 3.64. The normalized spacial score (nSPS) is 13.1. The van der Waals surface area contributed by atoms with Crippen LogP contribution in [0.5, 0.6) is 23.0 Å². The van der Waals surface area contributed by atoms with Crippen molar-refractivity contribution in [1.82, 2.24) is 10.3 Å². The van der Waals surface area contributed by atoms with Gasteiger partial charge in [-0.15, -0.1) is 0 Å². The number of methoxy groups -OCH3 is 1. The summed E-state index contributed by atoms with van der Waals surface area (Å²) in [7, 11) is 1.61. The number of ether oxygens (including phenoxy) is 3. The molecule has 0 bridgehead atoms. The molecule has 0 saturated heterocycles. The molecular formula is C29H26N2O4. The largest absolute Gasteiger partial charge is 0.493 e. The third kappa shape index (κ3) is 4.68. The van der Waals surface area contributed by atoms with E-state index in [-0.39, 0.29) is 11.9 Å². The van der Waals surface area contributed by atoms with Gasteiger partial charge in [0.05, 0.1) is 19.1 Å². The van der Waals surface area contributed by atoms with Crippen LogP contribution >= 0.6 is 0 Å². The molecule has 1 aromatic heterocycles. The highest BCUT2D eigenvalue weighted by Gasteiger charge is 2.33. The number of hydrogen-bond acceptors (Lipinski definition) is 5. The first kappa shape index (κ1) is 22.5. The number of hydrogen-bond donors (Lipinski definition) is 1. The number of carbonyl (C=O) groups excluding carboxylic acids is 1. The number of rotatable bonds is 7. The summed E-state index contributed by atoms with van der Waals surface area (Å²) >= 11 is 0. The van der Waals surface area contributed by atoms with E-state index in [0.29, 0.717) is 29.6 Å². The Morgan fingerprint density at radius 3 is 2.26 bits per heavy atom. The predicted molar refractivity (Wildman–Crippen MR) is 133 cm³/mol. The fourth-order valence-electron chi connectivity index (χ4n) is 4.29. The van der Waals surface area contributed by atoms with Crippen molar-refractivity contribution in [2.75, 3.05) is 7.11 Å². The number of aromatic nitrogens is 1. The Kier molecular flexibility index (Phi) is 6.35. The van der Waals surface area contributed by atoms with Crippen molar-refractivity contribution in [2.45, 2.75) is 25.5 Å². The molecule has 2 heterocycles. The van der Waals surface area contributed by atoms with Crippen LogP contribution < -0.4 is 19.5 Å². The van der Waals surface area contributed by atoms with E-state index < -0.39 is 5.92 Å². The van der Waals surface area contributed by atoms with Crippen LogP contribution in [0.15, 0.2) is 91.3 Å². The Balaban J connectivity index is 1.34. The zero-order chi connectivity index (χ0) is 24.2. The molecule has 6 nitrogen and oxygen atoms in total. The van der Waals surface area contributed by atoms with Gasteiger partial charge in [-0.25, -0.2) is 0 Å². The molecule has 6 heteroatoms. The molecule has 5 rings (SSSR count). The highest BCUT2D eigenvalue weighted by Crippen LogP contribution is 2.44. The maximum atomic E-state index is 13.6. The van der Waals surface area contributed by atoms with Gasteiger partial charge in [-0.1, -0.05) is 42.5 Å². The average Bonchev–Trinajstić information content (AvgIpc) is 2.90. The summed E-state index contributed by atoms with van der Waals surface area (Å²) in [5.74, 6) is 2.12. The minimum atomic E-state index is -0.455. The van der Waals surface area contributed by atoms with E-state index in [1.54, 1.807) is 19.5 Å². The number of pyridine rings is 1. The Morgan fingerprint density at radius 1 is 0.943 bits per heavy atom. The maximum Gasteiger partial charge on any atom is 0.232 e. The average molecular weight is 467 g/mol. The second-order valence-corrected chi connectivity index (χ2v) is 8.40. The van der Waals surface area contributed by atoms with Gasteiger partial charge in [0, 0.05) is 23.5 Å². The van der Waals surface area contributed by atoms with Crippen molar-refractivity contribution in [3.8, 4) is 23.0 Å². The van der Waals surface area contributed by atoms with Gasteiger partial charge in [-0.05, 0) is 54.4 Å². The molecule has 1 atom stereocenters. The van der Waals surface area contributed by atoms with E-state index >= 15 is 0 Å². The quantitative estimate of drug-likeness (QED) is 0.374. The third-order valence-electron chi connectivity index (χ3n) is 6.13. The lowest BCUT2D eigenvalue weighted by molar-refractivity contribution is -0.122. The molecule has 0 radical (unpaired) electrons. The molecule has 1 unspecified atom stereocenters. The van der Waals surface area contributed by atoms with Crippen LogP contribution in [0.4, 0.5) is 0 Å². The summed E-state index contributed by atoms with van der Waals surface area (Å²) in [5, 5.41) is 3.18. The van der Waals surface area contributed by atoms with E-state index in [0.717, 1.165) is 22.3 Å². The van der Waals surface area contributed by atoms with Crippen molar-refractivity contribution < 1.29 is 19.0 Å². The smallest absolute Gasteiger partial charge is 0.232 e. The van der Waals surface area contributed by atoms with Crippen molar-refractivity contribution in [3.63, 3.8) is 0 Å². The molecule has 35 heavy (non-hydrogen) atoms. The van der Waals surface area contributed by atoms with Gasteiger partial charge in [0.15, 0.2) is 11.5 Å². The Labute approximate surface area is 204 Å². The highest BCUT2D eigenvalue weighted by molar-refractivity contribution is 5.90. The van der Waals surface area contributed by atoms with Gasteiger partial charge in [-0.3, -0.25) is 9.78 Å². The van der Waals surface area contributed by atoms with Gasteiger partial charge in [-0.2, -0.15) is 0 Å². The van der Waals surface area contributed by atoms with E-state index in [1.807, 2.05) is 85.8 Å². The molecule has 0 spiro atoms. The molecule has 1 N–H and O–H groups in total. The van der Waals surface area contributed by atoms with Gasteiger partial charge in [0.1, 0.15) is 18.1 Å². The number of nitrogens with one attached hydrogen (secondary N) is 1. The minimum Gasteiger partial charge on any atom is -0.493 e. The van der Waals surface area contributed by atoms with Crippen molar-refractivity contribution >= 4 is 5.91 Å². The SMILES string of the molecule is COc1cc(C(C)NC(=O)C2c3ccccc3Oc3ccccc32)ccc1OCc1ccncc1. The molecule has 176 valence electrons. The molecule has 1 aliphatic rings. The van der Waals surface area contributed by atoms with Gasteiger partial charge in [0.2, 0.25) is 5.91 Å². The van der Waals surface area contributed by atoms with Crippen LogP contribution in [-0.2, 0) is 11.4 Å². The minimum absolute atomic E-state index is 0.0855. The second kappa shape index (κ2) is 9.89. The van der Waals surface area contributed by atoms with Crippen LogP contribution in [-0.4, -0.2) is 18.0 Å². The van der Waals surface area contributed by atoms with Crippen molar-refractivity contribution in [2.24, 2.45) is 0 Å². The van der Waals surface area contributed by atoms with Crippen LogP contribution in [0.1, 0.15) is 41.1 Å². The molecule has 3 aromatic carbocycles. The molecule has 0 aliphatic carbocycles. The Morgan fingerprint density at radius 2 is 1.60 bits per heavy atom. The van der Waals surface area contributed by atoms with Crippen LogP contribution in [0.2, 0.25) is 0 Å². The van der Waals surface area contributed by atoms with Gasteiger partial charge in [0.25, 0.3) is 0 Å². The standard InChI is InChI=1S/C29H26N2O4/c1-19(21-11-12-26(27(17-21)33-2)34-18-20-13-15-30-16-14-20)31-29(32)28-22-7-3-5-9-24(22)35-25-10-6-4-8-23(25)28/h3-17,19,28H,18H2,1-2H3,(H,31,32). The van der Waals surface area contributed by atoms with Crippen LogP contribution in [0, 0.1) is 0 Å². The summed E-state index contributed by atoms with van der Waals surface area (Å²) in [6.07, 6.45) is 3.47. The van der Waals surface area contributed by atoms with Crippen LogP contribution in [0.25, 0.3) is 0 Å². The van der Waals surface area contributed by atoms with E-state index in [2.05, 4.69) is 10.3 Å². The van der Waals surface area contributed by atoms with E-state index in [4.69, 9.17) is 14.2 Å². The number of fused-ring (bicyclic) bond motifs is 2. The molecule has 1 amide bonds. The first-order chi connectivity index (χ1) is 17.1. The zero-order valence-corrected chi connectivity index (χ0v) is 19.6. The monoisotopic (exact) mass is 466 g/mol.